The molecule has 0 bridgehead atoms. The van der Waals surface area contributed by atoms with Gasteiger partial charge in [-0.05, 0) is 40.5 Å². The molecule has 0 heterocycles. The molecule has 0 aliphatic rings. The number of rotatable bonds is 24. The predicted octanol–water partition coefficient (Wildman–Crippen LogP) is 9.41. The molecule has 3 nitrogen and oxygen atoms in total. The highest BCUT2D eigenvalue weighted by molar-refractivity contribution is 4.75. The van der Waals surface area contributed by atoms with Crippen molar-refractivity contribution in [2.24, 2.45) is 0 Å². The van der Waals surface area contributed by atoms with Crippen molar-refractivity contribution in [1.82, 2.24) is 11.0 Å². The maximum absolute atomic E-state index is 5.73. The van der Waals surface area contributed by atoms with Crippen LogP contribution < -0.4 is 11.0 Å². The summed E-state index contributed by atoms with van der Waals surface area (Å²) in [6.07, 6.45) is 27.2. The average molecular weight is 441 g/mol. The van der Waals surface area contributed by atoms with Gasteiger partial charge in [0.2, 0.25) is 0 Å². The zero-order valence-corrected chi connectivity index (χ0v) is 22.6. The van der Waals surface area contributed by atoms with Crippen molar-refractivity contribution in [2.75, 3.05) is 0 Å². The smallest absolute Gasteiger partial charge is 0.0395 e. The summed E-state index contributed by atoms with van der Waals surface area (Å²) in [4.78, 5) is 5.73. The van der Waals surface area contributed by atoms with Crippen LogP contribution in [0.3, 0.4) is 0 Å². The number of hydrogen-bond donors (Lipinski definition) is 2. The molecule has 188 valence electrons. The van der Waals surface area contributed by atoms with E-state index in [9.17, 15) is 0 Å². The third kappa shape index (κ3) is 22.9. The summed E-state index contributed by atoms with van der Waals surface area (Å²) in [6, 6.07) is 0. The molecule has 0 fully saturated rings. The molecule has 0 saturated carbocycles. The van der Waals surface area contributed by atoms with Gasteiger partial charge in [0.15, 0.2) is 0 Å². The molecule has 0 aliphatic carbocycles. The molecule has 0 atom stereocenters. The van der Waals surface area contributed by atoms with Gasteiger partial charge in [-0.15, -0.1) is 0 Å². The monoisotopic (exact) mass is 440 g/mol. The lowest BCUT2D eigenvalue weighted by atomic mass is 9.96. The van der Waals surface area contributed by atoms with Gasteiger partial charge in [-0.25, -0.2) is 4.94 Å². The molecule has 2 N–H and O–H groups in total. The lowest BCUT2D eigenvalue weighted by molar-refractivity contribution is -0.113. The molecule has 3 heteroatoms. The Balaban J connectivity index is 3.63. The molecule has 0 amide bonds. The second kappa shape index (κ2) is 20.5. The van der Waals surface area contributed by atoms with E-state index in [-0.39, 0.29) is 11.1 Å². The van der Waals surface area contributed by atoms with Crippen molar-refractivity contribution in [3.63, 3.8) is 0 Å². The molecule has 31 heavy (non-hydrogen) atoms. The molecular weight excluding hydrogens is 380 g/mol. The molecule has 0 aliphatic heterocycles. The van der Waals surface area contributed by atoms with Crippen LogP contribution in [0.1, 0.15) is 170 Å². The Labute approximate surface area is 197 Å². The summed E-state index contributed by atoms with van der Waals surface area (Å²) in [7, 11) is 0. The summed E-state index contributed by atoms with van der Waals surface area (Å²) < 4.78 is 0. The summed E-state index contributed by atoms with van der Waals surface area (Å²) in [6.45, 7) is 13.5. The van der Waals surface area contributed by atoms with E-state index >= 15 is 0 Å². The quantitative estimate of drug-likeness (QED) is 0.116. The zero-order valence-electron chi connectivity index (χ0n) is 22.6. The molecule has 0 unspecified atom stereocenters. The maximum Gasteiger partial charge on any atom is 0.0395 e. The van der Waals surface area contributed by atoms with Crippen LogP contribution in [0, 0.1) is 0 Å². The lowest BCUT2D eigenvalue weighted by Gasteiger charge is -2.30. The predicted molar refractivity (Wildman–Crippen MR) is 139 cm³/mol. The second-order valence-corrected chi connectivity index (χ2v) is 11.2. The fraction of sp³-hybridized carbons (Fsp3) is 1.00. The van der Waals surface area contributed by atoms with Crippen LogP contribution in [-0.2, 0) is 4.94 Å². The van der Waals surface area contributed by atoms with Crippen molar-refractivity contribution in [1.29, 1.82) is 0 Å². The third-order valence-electron chi connectivity index (χ3n) is 6.47. The minimum Gasteiger partial charge on any atom is -0.213 e. The fourth-order valence-corrected chi connectivity index (χ4v) is 4.16. The van der Waals surface area contributed by atoms with Gasteiger partial charge in [0.05, 0.1) is 0 Å². The van der Waals surface area contributed by atoms with E-state index in [0.29, 0.717) is 0 Å². The van der Waals surface area contributed by atoms with Crippen LogP contribution in [0.4, 0.5) is 0 Å². The van der Waals surface area contributed by atoms with Crippen molar-refractivity contribution in [2.45, 2.75) is 181 Å². The van der Waals surface area contributed by atoms with Gasteiger partial charge in [0, 0.05) is 11.1 Å². The summed E-state index contributed by atoms with van der Waals surface area (Å²) in [5, 5.41) is 0. The van der Waals surface area contributed by atoms with Crippen LogP contribution in [0.2, 0.25) is 0 Å². The van der Waals surface area contributed by atoms with E-state index in [0.717, 1.165) is 12.8 Å². The van der Waals surface area contributed by atoms with Crippen molar-refractivity contribution < 1.29 is 4.94 Å². The Morgan fingerprint density at radius 2 is 0.677 bits per heavy atom. The van der Waals surface area contributed by atoms with E-state index in [2.05, 4.69) is 52.5 Å². The Kier molecular flexibility index (Phi) is 20.4. The first-order chi connectivity index (χ1) is 14.8. The summed E-state index contributed by atoms with van der Waals surface area (Å²) >= 11 is 0. The van der Waals surface area contributed by atoms with Crippen LogP contribution in [0.5, 0.6) is 0 Å². The molecule has 0 aromatic rings. The normalized spacial score (nSPS) is 12.6. The van der Waals surface area contributed by atoms with Gasteiger partial charge >= 0.3 is 0 Å². The largest absolute Gasteiger partial charge is 0.213 e. The topological polar surface area (TPSA) is 33.3 Å². The minimum absolute atomic E-state index is 0.0159. The highest BCUT2D eigenvalue weighted by Crippen LogP contribution is 2.18. The first-order valence-electron chi connectivity index (χ1n) is 14.0. The van der Waals surface area contributed by atoms with Gasteiger partial charge in [-0.3, -0.25) is 0 Å². The lowest BCUT2D eigenvalue weighted by Crippen LogP contribution is -2.48. The van der Waals surface area contributed by atoms with Crippen LogP contribution in [0.25, 0.3) is 0 Å². The molecule has 0 aromatic heterocycles. The first kappa shape index (κ1) is 30.9. The van der Waals surface area contributed by atoms with E-state index < -0.39 is 0 Å². The maximum atomic E-state index is 5.73. The van der Waals surface area contributed by atoms with Gasteiger partial charge in [-0.2, -0.15) is 11.0 Å². The SMILES string of the molecule is CCCCCCCCCCCC(C)(C)NONC(C)(C)CCCCCCCCCCC. The number of hydroxylamine groups is 2. The second-order valence-electron chi connectivity index (χ2n) is 11.2. The van der Waals surface area contributed by atoms with Crippen molar-refractivity contribution in [3.05, 3.63) is 0 Å². The zero-order chi connectivity index (χ0) is 23.3. The molecule has 0 spiro atoms. The molecule has 0 aromatic carbocycles. The van der Waals surface area contributed by atoms with Crippen LogP contribution >= 0.6 is 0 Å². The van der Waals surface area contributed by atoms with E-state index in [1.165, 1.54) is 116 Å². The van der Waals surface area contributed by atoms with Gasteiger partial charge in [0.1, 0.15) is 0 Å². The molecule has 0 rings (SSSR count). The van der Waals surface area contributed by atoms with Gasteiger partial charge < -0.3 is 0 Å². The summed E-state index contributed by atoms with van der Waals surface area (Å²) in [5.41, 5.74) is 6.56. The molecular formula is C28H60N2O. The van der Waals surface area contributed by atoms with Crippen molar-refractivity contribution >= 4 is 0 Å². The number of unbranched alkanes of at least 4 members (excludes halogenated alkanes) is 16. The Hall–Kier alpha value is -0.120. The Morgan fingerprint density at radius 3 is 0.968 bits per heavy atom. The Bertz CT molecular complexity index is 334. The highest BCUT2D eigenvalue weighted by Gasteiger charge is 2.21. The minimum atomic E-state index is 0.0159. The first-order valence-corrected chi connectivity index (χ1v) is 14.0. The number of hydrogen-bond acceptors (Lipinski definition) is 3. The third-order valence-corrected chi connectivity index (χ3v) is 6.47. The van der Waals surface area contributed by atoms with E-state index in [1.807, 2.05) is 0 Å². The molecule has 0 radical (unpaired) electrons. The fourth-order valence-electron chi connectivity index (χ4n) is 4.16. The number of nitrogens with one attached hydrogen (secondary N) is 2. The Morgan fingerprint density at radius 1 is 0.419 bits per heavy atom. The van der Waals surface area contributed by atoms with Crippen molar-refractivity contribution in [3.8, 4) is 0 Å². The van der Waals surface area contributed by atoms with Gasteiger partial charge in [0.25, 0.3) is 0 Å². The van der Waals surface area contributed by atoms with Gasteiger partial charge in [-0.1, -0.05) is 129 Å². The van der Waals surface area contributed by atoms with Crippen LogP contribution in [0.15, 0.2) is 0 Å². The van der Waals surface area contributed by atoms with E-state index in [4.69, 9.17) is 4.94 Å². The van der Waals surface area contributed by atoms with E-state index in [1.54, 1.807) is 0 Å². The average Bonchev–Trinajstić information content (AvgIpc) is 2.71. The molecule has 0 saturated heterocycles. The standard InChI is InChI=1S/C28H60N2O/c1-7-9-11-13-15-17-19-21-23-25-27(3,4)29-31-30-28(5,6)26-24-22-20-18-16-14-12-10-8-2/h29-30H,7-26H2,1-6H3. The summed E-state index contributed by atoms with van der Waals surface area (Å²) in [5.74, 6) is 0. The highest BCUT2D eigenvalue weighted by atomic mass is 16.8. The van der Waals surface area contributed by atoms with Crippen LogP contribution in [-0.4, -0.2) is 11.1 Å².